The van der Waals surface area contributed by atoms with Gasteiger partial charge >= 0.3 is 0 Å². The van der Waals surface area contributed by atoms with Crippen LogP contribution in [0, 0.1) is 0 Å². The molecule has 12 heavy (non-hydrogen) atoms. The van der Waals surface area contributed by atoms with Crippen molar-refractivity contribution < 1.29 is 0 Å². The van der Waals surface area contributed by atoms with E-state index in [0.29, 0.717) is 0 Å². The van der Waals surface area contributed by atoms with E-state index in [1.165, 1.54) is 10.8 Å². The van der Waals surface area contributed by atoms with Gasteiger partial charge in [0, 0.05) is 12.4 Å². The molecule has 0 saturated heterocycles. The fourth-order valence-electron chi connectivity index (χ4n) is 1.03. The van der Waals surface area contributed by atoms with Crippen LogP contribution in [0.1, 0.15) is 13.8 Å². The van der Waals surface area contributed by atoms with Gasteiger partial charge in [-0.05, 0) is 16.8 Å². The predicted molar refractivity (Wildman–Crippen MR) is 53.1 cm³/mol. The van der Waals surface area contributed by atoms with Crippen LogP contribution in [0.5, 0.6) is 0 Å². The Morgan fingerprint density at radius 1 is 0.917 bits per heavy atom. The van der Waals surface area contributed by atoms with Gasteiger partial charge in [-0.25, -0.2) is 0 Å². The Kier molecular flexibility index (Phi) is 3.27. The highest BCUT2D eigenvalue weighted by Gasteiger charge is 1.86. The summed E-state index contributed by atoms with van der Waals surface area (Å²) in [4.78, 5) is 4.01. The first-order valence-corrected chi connectivity index (χ1v) is 4.25. The summed E-state index contributed by atoms with van der Waals surface area (Å²) in [5.41, 5.74) is 0. The molecule has 1 heteroatoms. The molecule has 1 nitrogen and oxygen atoms in total. The average Bonchev–Trinajstić information content (AvgIpc) is 2.21. The second-order valence-corrected chi connectivity index (χ2v) is 2.22. The molecular weight excluding hydrogens is 146 g/mol. The lowest BCUT2D eigenvalue weighted by Crippen LogP contribution is -1.71. The molecule has 0 spiro atoms. The van der Waals surface area contributed by atoms with Crippen molar-refractivity contribution in [2.75, 3.05) is 0 Å². The molecule has 62 valence electrons. The molecule has 2 rings (SSSR count). The standard InChI is InChI=1S/C9H7N.C2H6/c1-2-4-9-7-10-6-5-8(9)3-1;1-2/h1-7H;1-2H3. The van der Waals surface area contributed by atoms with Gasteiger partial charge < -0.3 is 0 Å². The summed E-state index contributed by atoms with van der Waals surface area (Å²) in [5, 5.41) is 2.45. The summed E-state index contributed by atoms with van der Waals surface area (Å²) in [7, 11) is 0. The van der Waals surface area contributed by atoms with Gasteiger partial charge in [-0.2, -0.15) is 0 Å². The molecule has 1 aromatic carbocycles. The second-order valence-electron chi connectivity index (χ2n) is 2.22. The van der Waals surface area contributed by atoms with Gasteiger partial charge in [-0.3, -0.25) is 4.98 Å². The van der Waals surface area contributed by atoms with E-state index >= 15 is 0 Å². The predicted octanol–water partition coefficient (Wildman–Crippen LogP) is 3.26. The Morgan fingerprint density at radius 2 is 1.58 bits per heavy atom. The van der Waals surface area contributed by atoms with Crippen LogP contribution in [0.2, 0.25) is 0 Å². The zero-order valence-electron chi connectivity index (χ0n) is 7.49. The summed E-state index contributed by atoms with van der Waals surface area (Å²) in [6.45, 7) is 4.00. The Bertz CT molecular complexity index is 276. The lowest BCUT2D eigenvalue weighted by Gasteiger charge is -1.91. The molecule has 0 bridgehead atoms. The van der Waals surface area contributed by atoms with E-state index in [4.69, 9.17) is 0 Å². The summed E-state index contributed by atoms with van der Waals surface area (Å²) in [6.07, 6.45) is 3.68. The van der Waals surface area contributed by atoms with Gasteiger partial charge in [-0.1, -0.05) is 38.1 Å². The Balaban J connectivity index is 0.000000336. The number of aromatic nitrogens is 1. The topological polar surface area (TPSA) is 12.9 Å². The first kappa shape index (κ1) is 8.72. The maximum atomic E-state index is 4.01. The Morgan fingerprint density at radius 3 is 2.25 bits per heavy atom. The van der Waals surface area contributed by atoms with E-state index in [1.54, 1.807) is 0 Å². The van der Waals surface area contributed by atoms with Gasteiger partial charge in [-0.15, -0.1) is 0 Å². The van der Waals surface area contributed by atoms with Crippen molar-refractivity contribution in [2.45, 2.75) is 13.8 Å². The third kappa shape index (κ3) is 1.82. The van der Waals surface area contributed by atoms with Gasteiger partial charge in [0.25, 0.3) is 0 Å². The minimum atomic E-state index is 1.20. The van der Waals surface area contributed by atoms with Crippen LogP contribution in [0.25, 0.3) is 10.8 Å². The molecule has 0 aliphatic carbocycles. The number of fused-ring (bicyclic) bond motifs is 1. The molecule has 0 fully saturated rings. The van der Waals surface area contributed by atoms with E-state index in [1.807, 2.05) is 44.4 Å². The molecule has 1 heterocycles. The first-order chi connectivity index (χ1) is 5.97. The highest BCUT2D eigenvalue weighted by Crippen LogP contribution is 2.09. The van der Waals surface area contributed by atoms with Crippen LogP contribution in [0.3, 0.4) is 0 Å². The molecule has 0 amide bonds. The van der Waals surface area contributed by atoms with Crippen molar-refractivity contribution in [2.24, 2.45) is 0 Å². The van der Waals surface area contributed by atoms with Crippen LogP contribution in [-0.2, 0) is 0 Å². The monoisotopic (exact) mass is 159 g/mol. The number of hydrogen-bond donors (Lipinski definition) is 0. The normalized spacial score (nSPS) is 8.83. The molecule has 0 aliphatic rings. The molecule has 0 radical (unpaired) electrons. The summed E-state index contributed by atoms with van der Waals surface area (Å²) >= 11 is 0. The zero-order chi connectivity index (χ0) is 8.81. The van der Waals surface area contributed by atoms with Crippen molar-refractivity contribution in [3.05, 3.63) is 42.7 Å². The molecule has 0 saturated carbocycles. The molecule has 0 atom stereocenters. The largest absolute Gasteiger partial charge is 0.264 e. The van der Waals surface area contributed by atoms with Crippen LogP contribution >= 0.6 is 0 Å². The van der Waals surface area contributed by atoms with Gasteiger partial charge in [0.2, 0.25) is 0 Å². The number of pyridine rings is 1. The van der Waals surface area contributed by atoms with E-state index in [9.17, 15) is 0 Å². The smallest absolute Gasteiger partial charge is 0.0346 e. The molecule has 1 aromatic heterocycles. The lowest BCUT2D eigenvalue weighted by atomic mass is 10.2. The number of rotatable bonds is 0. The molecule has 2 aromatic rings. The molecule has 0 N–H and O–H groups in total. The summed E-state index contributed by atoms with van der Waals surface area (Å²) in [6, 6.07) is 10.2. The average molecular weight is 159 g/mol. The third-order valence-corrected chi connectivity index (χ3v) is 1.55. The number of benzene rings is 1. The van der Waals surface area contributed by atoms with E-state index in [2.05, 4.69) is 17.1 Å². The molecule has 0 unspecified atom stereocenters. The maximum absolute atomic E-state index is 4.01. The minimum Gasteiger partial charge on any atom is -0.264 e. The van der Waals surface area contributed by atoms with Crippen LogP contribution in [-0.4, -0.2) is 4.98 Å². The highest BCUT2D eigenvalue weighted by molar-refractivity contribution is 5.80. The Labute approximate surface area is 73.1 Å². The minimum absolute atomic E-state index is 1.20. The fraction of sp³-hybridized carbons (Fsp3) is 0.182. The van der Waals surface area contributed by atoms with Gasteiger partial charge in [0.15, 0.2) is 0 Å². The Hall–Kier alpha value is -1.37. The van der Waals surface area contributed by atoms with Crippen molar-refractivity contribution in [1.82, 2.24) is 4.98 Å². The van der Waals surface area contributed by atoms with Crippen LogP contribution < -0.4 is 0 Å². The van der Waals surface area contributed by atoms with Crippen molar-refractivity contribution in [3.8, 4) is 0 Å². The molecular formula is C11H13N. The van der Waals surface area contributed by atoms with Gasteiger partial charge in [0.1, 0.15) is 0 Å². The lowest BCUT2D eigenvalue weighted by molar-refractivity contribution is 1.36. The van der Waals surface area contributed by atoms with Gasteiger partial charge in [0.05, 0.1) is 0 Å². The van der Waals surface area contributed by atoms with E-state index in [-0.39, 0.29) is 0 Å². The van der Waals surface area contributed by atoms with Crippen molar-refractivity contribution in [1.29, 1.82) is 0 Å². The van der Waals surface area contributed by atoms with E-state index < -0.39 is 0 Å². The quantitative estimate of drug-likeness (QED) is 0.575. The maximum Gasteiger partial charge on any atom is 0.0346 e. The van der Waals surface area contributed by atoms with Crippen LogP contribution in [0.15, 0.2) is 42.7 Å². The molecule has 0 aliphatic heterocycles. The van der Waals surface area contributed by atoms with Crippen molar-refractivity contribution in [3.63, 3.8) is 0 Å². The number of hydrogen-bond acceptors (Lipinski definition) is 1. The zero-order valence-corrected chi connectivity index (χ0v) is 7.49. The summed E-state index contributed by atoms with van der Waals surface area (Å²) < 4.78 is 0. The second kappa shape index (κ2) is 4.50. The van der Waals surface area contributed by atoms with Crippen molar-refractivity contribution >= 4 is 10.8 Å². The first-order valence-electron chi connectivity index (χ1n) is 4.25. The highest BCUT2D eigenvalue weighted by atomic mass is 14.6. The third-order valence-electron chi connectivity index (χ3n) is 1.55. The van der Waals surface area contributed by atoms with Crippen LogP contribution in [0.4, 0.5) is 0 Å². The summed E-state index contributed by atoms with van der Waals surface area (Å²) in [5.74, 6) is 0. The number of nitrogens with zero attached hydrogens (tertiary/aromatic N) is 1. The van der Waals surface area contributed by atoms with E-state index in [0.717, 1.165) is 0 Å². The SMILES string of the molecule is CC.c1ccc2cnccc2c1. The fourth-order valence-corrected chi connectivity index (χ4v) is 1.03.